The first-order chi connectivity index (χ1) is 8.40. The molecule has 0 spiro atoms. The van der Waals surface area contributed by atoms with E-state index >= 15 is 0 Å². The number of aliphatic hydroxyl groups excluding tert-OH is 1. The smallest absolute Gasteiger partial charge is 0.118 e. The van der Waals surface area contributed by atoms with E-state index in [0.29, 0.717) is 12.8 Å². The normalized spacial score (nSPS) is 12.5. The molecule has 98 valence electrons. The summed E-state index contributed by atoms with van der Waals surface area (Å²) in [5.41, 5.74) is 1.10. The molecule has 0 aliphatic carbocycles. The molecule has 0 heterocycles. The van der Waals surface area contributed by atoms with Gasteiger partial charge in [0.25, 0.3) is 0 Å². The molecule has 0 aliphatic heterocycles. The maximum Gasteiger partial charge on any atom is 0.118 e. The molecule has 1 aromatic rings. The second-order valence-corrected chi connectivity index (χ2v) is 5.46. The minimum Gasteiger partial charge on any atom is -0.497 e. The van der Waals surface area contributed by atoms with Crippen molar-refractivity contribution in [3.8, 4) is 17.6 Å². The standard InChI is InChI=1S/C16H22O2/c1-16(2,3)11-5-6-14(17)12-13-7-9-15(18-4)10-8-13/h7-10,14,17H,6,12H2,1-4H3. The van der Waals surface area contributed by atoms with Gasteiger partial charge in [-0.05, 0) is 44.9 Å². The lowest BCUT2D eigenvalue weighted by molar-refractivity contribution is 0.180. The summed E-state index contributed by atoms with van der Waals surface area (Å²) in [7, 11) is 1.64. The molecule has 1 aromatic carbocycles. The van der Waals surface area contributed by atoms with E-state index in [2.05, 4.69) is 32.6 Å². The second kappa shape index (κ2) is 6.47. The summed E-state index contributed by atoms with van der Waals surface area (Å²) in [6.07, 6.45) is 0.736. The van der Waals surface area contributed by atoms with Crippen LogP contribution in [0.15, 0.2) is 24.3 Å². The van der Waals surface area contributed by atoms with Crippen LogP contribution in [-0.2, 0) is 6.42 Å². The summed E-state index contributed by atoms with van der Waals surface area (Å²) >= 11 is 0. The number of benzene rings is 1. The highest BCUT2D eigenvalue weighted by Crippen LogP contribution is 2.14. The SMILES string of the molecule is COc1ccc(CC(O)CC#CC(C)(C)C)cc1. The fourth-order valence-corrected chi connectivity index (χ4v) is 1.54. The van der Waals surface area contributed by atoms with Gasteiger partial charge in [-0.25, -0.2) is 0 Å². The summed E-state index contributed by atoms with van der Waals surface area (Å²) in [5.74, 6) is 7.00. The van der Waals surface area contributed by atoms with E-state index in [-0.39, 0.29) is 5.41 Å². The molecule has 0 fully saturated rings. The zero-order valence-corrected chi connectivity index (χ0v) is 11.7. The van der Waals surface area contributed by atoms with Crippen molar-refractivity contribution in [3.05, 3.63) is 29.8 Å². The molecule has 0 amide bonds. The average Bonchev–Trinajstić information content (AvgIpc) is 2.28. The Balaban J connectivity index is 2.48. The fourth-order valence-electron chi connectivity index (χ4n) is 1.54. The van der Waals surface area contributed by atoms with E-state index in [4.69, 9.17) is 4.74 Å². The summed E-state index contributed by atoms with van der Waals surface area (Å²) in [6, 6.07) is 7.75. The highest BCUT2D eigenvalue weighted by atomic mass is 16.5. The predicted octanol–water partition coefficient (Wildman–Crippen LogP) is 3.04. The Kier molecular flexibility index (Phi) is 5.25. The molecule has 1 rings (SSSR count). The molecule has 2 nitrogen and oxygen atoms in total. The van der Waals surface area contributed by atoms with Crippen LogP contribution in [0.4, 0.5) is 0 Å². The van der Waals surface area contributed by atoms with Crippen LogP contribution in [-0.4, -0.2) is 18.3 Å². The molecule has 0 saturated carbocycles. The van der Waals surface area contributed by atoms with Gasteiger partial charge in [0.1, 0.15) is 5.75 Å². The van der Waals surface area contributed by atoms with Crippen LogP contribution in [0.2, 0.25) is 0 Å². The van der Waals surface area contributed by atoms with E-state index in [0.717, 1.165) is 11.3 Å². The van der Waals surface area contributed by atoms with Crippen LogP contribution in [0, 0.1) is 17.3 Å². The molecule has 18 heavy (non-hydrogen) atoms. The van der Waals surface area contributed by atoms with Crippen molar-refractivity contribution in [1.82, 2.24) is 0 Å². The Morgan fingerprint density at radius 2 is 1.83 bits per heavy atom. The lowest BCUT2D eigenvalue weighted by Gasteiger charge is -2.09. The van der Waals surface area contributed by atoms with E-state index in [1.54, 1.807) is 7.11 Å². The van der Waals surface area contributed by atoms with Gasteiger partial charge in [0.15, 0.2) is 0 Å². The zero-order valence-electron chi connectivity index (χ0n) is 11.7. The second-order valence-electron chi connectivity index (χ2n) is 5.46. The average molecular weight is 246 g/mol. The third-order valence-corrected chi connectivity index (χ3v) is 2.43. The topological polar surface area (TPSA) is 29.5 Å². The molecule has 1 atom stereocenters. The first-order valence-corrected chi connectivity index (χ1v) is 6.22. The monoisotopic (exact) mass is 246 g/mol. The van der Waals surface area contributed by atoms with E-state index in [9.17, 15) is 5.11 Å². The lowest BCUT2D eigenvalue weighted by Crippen LogP contribution is -2.09. The van der Waals surface area contributed by atoms with Crippen molar-refractivity contribution in [2.45, 2.75) is 39.7 Å². The molecular weight excluding hydrogens is 224 g/mol. The largest absolute Gasteiger partial charge is 0.497 e. The van der Waals surface area contributed by atoms with Crippen molar-refractivity contribution < 1.29 is 9.84 Å². The lowest BCUT2D eigenvalue weighted by atomic mass is 9.97. The summed E-state index contributed by atoms with van der Waals surface area (Å²) in [4.78, 5) is 0. The third-order valence-electron chi connectivity index (χ3n) is 2.43. The van der Waals surface area contributed by atoms with Gasteiger partial charge in [0.05, 0.1) is 13.2 Å². The number of hydrogen-bond donors (Lipinski definition) is 1. The summed E-state index contributed by atoms with van der Waals surface area (Å²) < 4.78 is 5.09. The Bertz CT molecular complexity index is 415. The van der Waals surface area contributed by atoms with Gasteiger partial charge in [0.2, 0.25) is 0 Å². The van der Waals surface area contributed by atoms with Crippen LogP contribution in [0.3, 0.4) is 0 Å². The van der Waals surface area contributed by atoms with Crippen molar-refractivity contribution in [1.29, 1.82) is 0 Å². The fraction of sp³-hybridized carbons (Fsp3) is 0.500. The molecule has 0 aliphatic rings. The Morgan fingerprint density at radius 3 is 2.33 bits per heavy atom. The highest BCUT2D eigenvalue weighted by molar-refractivity contribution is 5.27. The van der Waals surface area contributed by atoms with Crippen LogP contribution < -0.4 is 4.74 Å². The van der Waals surface area contributed by atoms with Gasteiger partial charge >= 0.3 is 0 Å². The number of rotatable bonds is 4. The zero-order chi connectivity index (χ0) is 13.6. The molecule has 1 N–H and O–H groups in total. The molecule has 2 heteroatoms. The number of hydrogen-bond acceptors (Lipinski definition) is 2. The first kappa shape index (κ1) is 14.6. The predicted molar refractivity (Wildman–Crippen MR) is 74.6 cm³/mol. The maximum absolute atomic E-state index is 9.89. The minimum atomic E-state index is -0.409. The Labute approximate surface area is 110 Å². The number of aliphatic hydroxyl groups is 1. The van der Waals surface area contributed by atoms with Gasteiger partial charge in [0, 0.05) is 11.8 Å². The van der Waals surface area contributed by atoms with Crippen molar-refractivity contribution in [2.75, 3.05) is 7.11 Å². The summed E-state index contributed by atoms with van der Waals surface area (Å²) in [5, 5.41) is 9.89. The van der Waals surface area contributed by atoms with Crippen molar-refractivity contribution >= 4 is 0 Å². The van der Waals surface area contributed by atoms with Crippen LogP contribution in [0.5, 0.6) is 5.75 Å². The molecular formula is C16H22O2. The van der Waals surface area contributed by atoms with Crippen molar-refractivity contribution in [3.63, 3.8) is 0 Å². The van der Waals surface area contributed by atoms with E-state index < -0.39 is 6.10 Å². The highest BCUT2D eigenvalue weighted by Gasteiger charge is 2.06. The Morgan fingerprint density at radius 1 is 1.22 bits per heavy atom. The van der Waals surface area contributed by atoms with E-state index in [1.807, 2.05) is 24.3 Å². The van der Waals surface area contributed by atoms with E-state index in [1.165, 1.54) is 0 Å². The molecule has 0 aromatic heterocycles. The molecule has 0 bridgehead atoms. The van der Waals surface area contributed by atoms with Crippen LogP contribution >= 0.6 is 0 Å². The van der Waals surface area contributed by atoms with Gasteiger partial charge in [-0.1, -0.05) is 18.1 Å². The Hall–Kier alpha value is -1.46. The molecule has 0 saturated heterocycles. The number of methoxy groups -OCH3 is 1. The van der Waals surface area contributed by atoms with Gasteiger partial charge < -0.3 is 9.84 Å². The van der Waals surface area contributed by atoms with Crippen LogP contribution in [0.1, 0.15) is 32.8 Å². The van der Waals surface area contributed by atoms with Gasteiger partial charge in [-0.3, -0.25) is 0 Å². The first-order valence-electron chi connectivity index (χ1n) is 6.22. The minimum absolute atomic E-state index is 0.000166. The summed E-state index contributed by atoms with van der Waals surface area (Å²) in [6.45, 7) is 6.20. The van der Waals surface area contributed by atoms with Gasteiger partial charge in [-0.2, -0.15) is 0 Å². The van der Waals surface area contributed by atoms with Gasteiger partial charge in [-0.15, -0.1) is 5.92 Å². The van der Waals surface area contributed by atoms with Crippen LogP contribution in [0.25, 0.3) is 0 Å². The third kappa shape index (κ3) is 5.75. The quantitative estimate of drug-likeness (QED) is 0.827. The van der Waals surface area contributed by atoms with Crippen molar-refractivity contribution in [2.24, 2.45) is 5.41 Å². The number of ether oxygens (including phenoxy) is 1. The molecule has 0 radical (unpaired) electrons. The maximum atomic E-state index is 9.89. The molecule has 1 unspecified atom stereocenters.